The maximum absolute atomic E-state index is 12.3. The molecule has 0 aromatic heterocycles. The zero-order valence-corrected chi connectivity index (χ0v) is 18.5. The van der Waals surface area contributed by atoms with E-state index in [4.69, 9.17) is 28.0 Å². The second kappa shape index (κ2) is 8.98. The summed E-state index contributed by atoms with van der Waals surface area (Å²) in [7, 11) is 0. The van der Waals surface area contributed by atoms with Crippen LogP contribution in [0, 0.1) is 13.8 Å². The van der Waals surface area contributed by atoms with E-state index in [0.717, 1.165) is 51.9 Å². The van der Waals surface area contributed by atoms with Gasteiger partial charge in [0.15, 0.2) is 11.5 Å². The van der Waals surface area contributed by atoms with Crippen LogP contribution in [0.4, 0.5) is 5.69 Å². The summed E-state index contributed by atoms with van der Waals surface area (Å²) in [6.07, 6.45) is 1.57. The highest BCUT2D eigenvalue weighted by atomic mass is 35.5. The zero-order valence-electron chi connectivity index (χ0n) is 17.0. The first kappa shape index (κ1) is 21.4. The van der Waals surface area contributed by atoms with E-state index in [9.17, 15) is 5.11 Å². The molecule has 0 amide bonds. The number of para-hydroxylation sites is 1. The van der Waals surface area contributed by atoms with E-state index in [1.165, 1.54) is 6.07 Å². The molecule has 29 heavy (non-hydrogen) atoms. The lowest BCUT2D eigenvalue weighted by Crippen LogP contribution is -2.11. The lowest BCUT2D eigenvalue weighted by Gasteiger charge is -2.23. The monoisotopic (exact) mass is 428 g/mol. The molecule has 1 radical (unpaired) electrons. The van der Waals surface area contributed by atoms with Gasteiger partial charge in [0.2, 0.25) is 0 Å². The summed E-state index contributed by atoms with van der Waals surface area (Å²) in [6.45, 7) is 8.21. The van der Waals surface area contributed by atoms with Gasteiger partial charge in [-0.25, -0.2) is 5.48 Å². The van der Waals surface area contributed by atoms with Crippen molar-refractivity contribution in [1.82, 2.24) is 0 Å². The minimum atomic E-state index is -0.168. The fourth-order valence-electron chi connectivity index (χ4n) is 3.64. The summed E-state index contributed by atoms with van der Waals surface area (Å²) in [5.74, 6) is 0.381. The molecule has 0 unspecified atom stereocenters. The number of aryl methyl sites for hydroxylation is 3. The van der Waals surface area contributed by atoms with Crippen molar-refractivity contribution in [3.05, 3.63) is 74.8 Å². The molecule has 151 valence electrons. The smallest absolute Gasteiger partial charge is 0.197 e. The zero-order chi connectivity index (χ0) is 21.1. The van der Waals surface area contributed by atoms with Gasteiger partial charge in [0, 0.05) is 5.56 Å². The van der Waals surface area contributed by atoms with Gasteiger partial charge in [-0.2, -0.15) is 0 Å². The van der Waals surface area contributed by atoms with Crippen molar-refractivity contribution in [3.63, 3.8) is 0 Å². The molecule has 3 aromatic rings. The van der Waals surface area contributed by atoms with Crippen molar-refractivity contribution in [3.8, 4) is 22.6 Å². The van der Waals surface area contributed by atoms with Crippen LogP contribution in [0.1, 0.15) is 36.1 Å². The molecule has 0 heterocycles. The normalized spacial score (nSPS) is 10.8. The molecule has 0 aliphatic rings. The van der Waals surface area contributed by atoms with Crippen molar-refractivity contribution in [2.75, 3.05) is 5.48 Å². The molecule has 3 nitrogen and oxygen atoms in total. The Morgan fingerprint density at radius 1 is 0.931 bits per heavy atom. The van der Waals surface area contributed by atoms with E-state index >= 15 is 0 Å². The summed E-state index contributed by atoms with van der Waals surface area (Å²) >= 11 is 12.7. The summed E-state index contributed by atoms with van der Waals surface area (Å²) in [5.41, 5.74) is 10.0. The van der Waals surface area contributed by atoms with E-state index in [1.807, 2.05) is 32.0 Å². The Kier molecular flexibility index (Phi) is 6.61. The minimum absolute atomic E-state index is 0.168. The second-order valence-electron chi connectivity index (χ2n) is 6.99. The Morgan fingerprint density at radius 2 is 1.66 bits per heavy atom. The summed E-state index contributed by atoms with van der Waals surface area (Å²) in [5, 5.41) is 13.1. The van der Waals surface area contributed by atoms with Gasteiger partial charge in [-0.3, -0.25) is 5.11 Å². The highest BCUT2D eigenvalue weighted by Crippen LogP contribution is 2.44. The molecule has 0 aliphatic carbocycles. The van der Waals surface area contributed by atoms with Gasteiger partial charge < -0.3 is 4.84 Å². The number of halogens is 2. The Hall–Kier alpha value is -2.36. The van der Waals surface area contributed by atoms with Crippen LogP contribution < -0.4 is 10.3 Å². The first-order chi connectivity index (χ1) is 13.9. The molecule has 5 heteroatoms. The highest BCUT2D eigenvalue weighted by Gasteiger charge is 2.22. The molecular weight excluding hydrogens is 405 g/mol. The molecule has 0 spiro atoms. The predicted molar refractivity (Wildman–Crippen MR) is 121 cm³/mol. The molecule has 0 saturated heterocycles. The number of nitrogens with one attached hydrogen (secondary N) is 1. The van der Waals surface area contributed by atoms with Crippen LogP contribution in [0.25, 0.3) is 11.1 Å². The lowest BCUT2D eigenvalue weighted by molar-refractivity contribution is 0.355. The average Bonchev–Trinajstić information content (AvgIpc) is 2.71. The van der Waals surface area contributed by atoms with E-state index < -0.39 is 0 Å². The van der Waals surface area contributed by atoms with E-state index in [1.54, 1.807) is 12.1 Å². The highest BCUT2D eigenvalue weighted by molar-refractivity contribution is 6.35. The molecule has 3 aromatic carbocycles. The molecular formula is C24H24Cl2NO2. The van der Waals surface area contributed by atoms with Crippen molar-refractivity contribution >= 4 is 28.9 Å². The van der Waals surface area contributed by atoms with Gasteiger partial charge in [0.05, 0.1) is 15.7 Å². The Morgan fingerprint density at radius 3 is 2.31 bits per heavy atom. The third kappa shape index (κ3) is 4.17. The maximum atomic E-state index is 12.3. The van der Waals surface area contributed by atoms with Gasteiger partial charge in [0.25, 0.3) is 0 Å². The summed E-state index contributed by atoms with van der Waals surface area (Å²) in [4.78, 5) is 5.82. The lowest BCUT2D eigenvalue weighted by atomic mass is 9.86. The number of hydrogen-bond donors (Lipinski definition) is 1. The number of anilines is 1. The molecule has 1 N–H and O–H groups in total. The fourth-order valence-corrected chi connectivity index (χ4v) is 4.12. The second-order valence-corrected chi connectivity index (χ2v) is 7.78. The van der Waals surface area contributed by atoms with Crippen molar-refractivity contribution in [2.24, 2.45) is 0 Å². The van der Waals surface area contributed by atoms with Gasteiger partial charge in [-0.05, 0) is 72.7 Å². The Balaban J connectivity index is 2.18. The van der Waals surface area contributed by atoms with Crippen LogP contribution in [0.15, 0.2) is 42.5 Å². The van der Waals surface area contributed by atoms with Gasteiger partial charge in [0.1, 0.15) is 0 Å². The molecule has 0 bridgehead atoms. The van der Waals surface area contributed by atoms with E-state index in [2.05, 4.69) is 25.4 Å². The molecule has 3 rings (SSSR count). The van der Waals surface area contributed by atoms with Crippen molar-refractivity contribution in [2.45, 2.75) is 40.5 Å². The molecule has 0 atom stereocenters. The summed E-state index contributed by atoms with van der Waals surface area (Å²) < 4.78 is 0. The predicted octanol–water partition coefficient (Wildman–Crippen LogP) is 7.95. The van der Waals surface area contributed by atoms with E-state index in [-0.39, 0.29) is 10.8 Å². The average molecular weight is 429 g/mol. The molecule has 0 saturated carbocycles. The Labute approximate surface area is 182 Å². The molecule has 0 fully saturated rings. The number of hydrogen-bond acceptors (Lipinski definition) is 2. The van der Waals surface area contributed by atoms with Crippen LogP contribution in [0.2, 0.25) is 10.0 Å². The van der Waals surface area contributed by atoms with Crippen LogP contribution in [0.3, 0.4) is 0 Å². The van der Waals surface area contributed by atoms with Crippen molar-refractivity contribution < 1.29 is 9.94 Å². The third-order valence-corrected chi connectivity index (χ3v) is 5.80. The summed E-state index contributed by atoms with van der Waals surface area (Å²) in [6, 6.07) is 12.8. The standard InChI is InChI=1S/C24H24Cl2NO2/c1-5-16-13-15(4)24(27-29-20-10-8-7-9-18(20)25)17(6-2)22(16)21-14(3)11-12-19(28)23(21)26/h7-13,27H,5-6H2,1-4H3. The van der Waals surface area contributed by atoms with Crippen LogP contribution >= 0.6 is 23.2 Å². The van der Waals surface area contributed by atoms with Crippen LogP contribution in [0.5, 0.6) is 11.5 Å². The quantitative estimate of drug-likeness (QED) is 0.404. The van der Waals surface area contributed by atoms with Gasteiger partial charge in [-0.1, -0.05) is 61.3 Å². The molecule has 0 aliphatic heterocycles. The van der Waals surface area contributed by atoms with Gasteiger partial charge >= 0.3 is 0 Å². The SMILES string of the molecule is CCc1cc(C)c(NOc2ccccc2Cl)c(CC)c1-c1c(C)ccc([O])c1Cl. The Bertz CT molecular complexity index is 1050. The fraction of sp³-hybridized carbons (Fsp3) is 0.250. The van der Waals surface area contributed by atoms with E-state index in [0.29, 0.717) is 10.8 Å². The van der Waals surface area contributed by atoms with Gasteiger partial charge in [-0.15, -0.1) is 0 Å². The number of rotatable bonds is 6. The van der Waals surface area contributed by atoms with Crippen molar-refractivity contribution in [1.29, 1.82) is 0 Å². The first-order valence-corrected chi connectivity index (χ1v) is 10.4. The topological polar surface area (TPSA) is 41.2 Å². The first-order valence-electron chi connectivity index (χ1n) is 9.68. The minimum Gasteiger partial charge on any atom is -0.381 e. The third-order valence-electron chi connectivity index (χ3n) is 5.11. The number of benzene rings is 3. The maximum Gasteiger partial charge on any atom is 0.197 e. The largest absolute Gasteiger partial charge is 0.381 e. The van der Waals surface area contributed by atoms with Crippen LogP contribution in [-0.2, 0) is 17.9 Å². The van der Waals surface area contributed by atoms with Crippen LogP contribution in [-0.4, -0.2) is 0 Å².